The van der Waals surface area contributed by atoms with E-state index in [1.807, 2.05) is 48.5 Å². The Balaban J connectivity index is 1.82. The van der Waals surface area contributed by atoms with E-state index in [4.69, 9.17) is 4.74 Å². The third kappa shape index (κ3) is 2.76. The highest BCUT2D eigenvalue weighted by Gasteiger charge is 2.10. The van der Waals surface area contributed by atoms with Gasteiger partial charge in [-0.1, -0.05) is 36.4 Å². The normalized spacial score (nSPS) is 11.1. The Kier molecular flexibility index (Phi) is 3.94. The maximum atomic E-state index is 12.3. The first-order valence-electron chi connectivity index (χ1n) is 8.28. The van der Waals surface area contributed by atoms with Gasteiger partial charge in [0.15, 0.2) is 0 Å². The minimum atomic E-state index is -0.0996. The monoisotopic (exact) mass is 330 g/mol. The smallest absolute Gasteiger partial charge is 0.257 e. The summed E-state index contributed by atoms with van der Waals surface area (Å²) in [5, 5.41) is 2.67. The maximum absolute atomic E-state index is 12.3. The lowest BCUT2D eigenvalue weighted by molar-refractivity contribution is 0.409. The first-order chi connectivity index (χ1) is 12.3. The highest BCUT2D eigenvalue weighted by Crippen LogP contribution is 2.26. The predicted octanol–water partition coefficient (Wildman–Crippen LogP) is 3.87. The summed E-state index contributed by atoms with van der Waals surface area (Å²) in [5.41, 5.74) is 2.88. The number of pyridine rings is 2. The second-order valence-corrected chi connectivity index (χ2v) is 6.01. The van der Waals surface area contributed by atoms with Gasteiger partial charge >= 0.3 is 0 Å². The molecule has 0 aliphatic rings. The second-order valence-electron chi connectivity index (χ2n) is 6.01. The van der Waals surface area contributed by atoms with Crippen molar-refractivity contribution in [2.45, 2.75) is 12.8 Å². The van der Waals surface area contributed by atoms with Crippen molar-refractivity contribution < 1.29 is 4.74 Å². The molecule has 0 bridgehead atoms. The lowest BCUT2D eigenvalue weighted by atomic mass is 9.98. The first-order valence-corrected chi connectivity index (χ1v) is 8.28. The van der Waals surface area contributed by atoms with E-state index in [2.05, 4.69) is 16.0 Å². The highest BCUT2D eigenvalue weighted by molar-refractivity contribution is 6.05. The Morgan fingerprint density at radius 3 is 2.48 bits per heavy atom. The molecule has 0 radical (unpaired) electrons. The van der Waals surface area contributed by atoms with E-state index in [-0.39, 0.29) is 5.56 Å². The van der Waals surface area contributed by atoms with Crippen molar-refractivity contribution in [2.24, 2.45) is 0 Å². The number of aromatic nitrogens is 2. The van der Waals surface area contributed by atoms with Crippen LogP contribution in [0.25, 0.3) is 21.8 Å². The third-order valence-electron chi connectivity index (χ3n) is 4.57. The molecule has 4 aromatic rings. The van der Waals surface area contributed by atoms with Crippen molar-refractivity contribution in [3.05, 3.63) is 82.3 Å². The molecule has 0 amide bonds. The molecule has 0 aliphatic carbocycles. The molecule has 4 rings (SSSR count). The lowest BCUT2D eigenvalue weighted by Gasteiger charge is -2.11. The number of ether oxygens (including phenoxy) is 1. The van der Waals surface area contributed by atoms with Gasteiger partial charge in [0.05, 0.1) is 7.11 Å². The van der Waals surface area contributed by atoms with Gasteiger partial charge in [-0.25, -0.2) is 4.98 Å². The summed E-state index contributed by atoms with van der Waals surface area (Å²) in [6, 6.07) is 17.8. The molecule has 0 unspecified atom stereocenters. The van der Waals surface area contributed by atoms with E-state index in [9.17, 15) is 4.79 Å². The summed E-state index contributed by atoms with van der Waals surface area (Å²) in [7, 11) is 1.69. The molecule has 124 valence electrons. The quantitative estimate of drug-likeness (QED) is 0.578. The largest absolute Gasteiger partial charge is 0.496 e. The molecule has 1 N–H and O–H groups in total. The fourth-order valence-corrected chi connectivity index (χ4v) is 3.36. The first kappa shape index (κ1) is 15.4. The summed E-state index contributed by atoms with van der Waals surface area (Å²) in [6.45, 7) is 0. The van der Waals surface area contributed by atoms with Gasteiger partial charge in [-0.15, -0.1) is 0 Å². The zero-order valence-corrected chi connectivity index (χ0v) is 14.0. The Labute approximate surface area is 145 Å². The van der Waals surface area contributed by atoms with Crippen LogP contribution in [-0.4, -0.2) is 17.1 Å². The fourth-order valence-electron chi connectivity index (χ4n) is 3.36. The number of aryl methyl sites for hydroxylation is 2. The van der Waals surface area contributed by atoms with Crippen LogP contribution in [0.15, 0.2) is 65.6 Å². The number of nitrogens with one attached hydrogen (secondary N) is 1. The van der Waals surface area contributed by atoms with Crippen molar-refractivity contribution in [2.75, 3.05) is 7.11 Å². The maximum Gasteiger partial charge on any atom is 0.257 e. The lowest BCUT2D eigenvalue weighted by Crippen LogP contribution is -2.08. The van der Waals surface area contributed by atoms with E-state index in [0.29, 0.717) is 11.0 Å². The molecule has 0 saturated carbocycles. The molecule has 25 heavy (non-hydrogen) atoms. The zero-order chi connectivity index (χ0) is 17.2. The average Bonchev–Trinajstić information content (AvgIpc) is 2.66. The summed E-state index contributed by atoms with van der Waals surface area (Å²) >= 11 is 0. The molecule has 4 heteroatoms. The van der Waals surface area contributed by atoms with E-state index in [1.54, 1.807) is 13.3 Å². The molecule has 4 nitrogen and oxygen atoms in total. The third-order valence-corrected chi connectivity index (χ3v) is 4.57. The van der Waals surface area contributed by atoms with Crippen LogP contribution in [0.4, 0.5) is 0 Å². The van der Waals surface area contributed by atoms with Crippen molar-refractivity contribution in [3.63, 3.8) is 0 Å². The van der Waals surface area contributed by atoms with Crippen molar-refractivity contribution in [1.82, 2.24) is 9.97 Å². The zero-order valence-electron chi connectivity index (χ0n) is 14.0. The van der Waals surface area contributed by atoms with Crippen molar-refractivity contribution >= 4 is 21.8 Å². The molecule has 2 aromatic heterocycles. The van der Waals surface area contributed by atoms with Crippen LogP contribution in [0, 0.1) is 0 Å². The molecule has 0 spiro atoms. The van der Waals surface area contributed by atoms with Crippen LogP contribution >= 0.6 is 0 Å². The summed E-state index contributed by atoms with van der Waals surface area (Å²) < 4.78 is 5.45. The van der Waals surface area contributed by atoms with Crippen LogP contribution in [0.3, 0.4) is 0 Å². The van der Waals surface area contributed by atoms with Crippen LogP contribution < -0.4 is 10.3 Å². The SMILES string of the molecule is COc1ccccc1CCc1ccnc2[nH]c(=O)c3ccccc3c12. The molecule has 0 fully saturated rings. The topological polar surface area (TPSA) is 55.0 Å². The summed E-state index contributed by atoms with van der Waals surface area (Å²) in [6.07, 6.45) is 3.45. The standard InChI is InChI=1S/C21H18N2O2/c1-25-18-9-5-2-6-14(18)10-11-15-12-13-22-20-19(15)16-7-3-4-8-17(16)21(24)23-20/h2-9,12-13H,10-11H2,1H3,(H,22,23,24). The number of aromatic amines is 1. The Morgan fingerprint density at radius 2 is 1.64 bits per heavy atom. The molecule has 2 aromatic carbocycles. The highest BCUT2D eigenvalue weighted by atomic mass is 16.5. The molecule has 0 aliphatic heterocycles. The van der Waals surface area contributed by atoms with Crippen molar-refractivity contribution in [3.8, 4) is 5.75 Å². The van der Waals surface area contributed by atoms with Crippen LogP contribution in [0.1, 0.15) is 11.1 Å². The Bertz CT molecular complexity index is 1120. The van der Waals surface area contributed by atoms with Gasteiger partial charge in [0.2, 0.25) is 0 Å². The summed E-state index contributed by atoms with van der Waals surface area (Å²) in [5.74, 6) is 0.902. The minimum absolute atomic E-state index is 0.0996. The molecule has 0 saturated heterocycles. The van der Waals surface area contributed by atoms with Crippen molar-refractivity contribution in [1.29, 1.82) is 0 Å². The van der Waals surface area contributed by atoms with E-state index in [0.717, 1.165) is 29.4 Å². The van der Waals surface area contributed by atoms with E-state index >= 15 is 0 Å². The number of rotatable bonds is 4. The minimum Gasteiger partial charge on any atom is -0.496 e. The van der Waals surface area contributed by atoms with Gasteiger partial charge in [0.25, 0.3) is 5.56 Å². The van der Waals surface area contributed by atoms with Gasteiger partial charge in [-0.3, -0.25) is 4.79 Å². The number of fused-ring (bicyclic) bond motifs is 3. The van der Waals surface area contributed by atoms with Gasteiger partial charge in [-0.05, 0) is 47.6 Å². The van der Waals surface area contributed by atoms with E-state index in [1.165, 1.54) is 11.1 Å². The average molecular weight is 330 g/mol. The van der Waals surface area contributed by atoms with Crippen LogP contribution in [0.2, 0.25) is 0 Å². The van der Waals surface area contributed by atoms with Gasteiger partial charge < -0.3 is 9.72 Å². The second kappa shape index (κ2) is 6.40. The molecule has 2 heterocycles. The number of benzene rings is 2. The Morgan fingerprint density at radius 1 is 0.920 bits per heavy atom. The van der Waals surface area contributed by atoms with Gasteiger partial charge in [0.1, 0.15) is 11.4 Å². The molecular weight excluding hydrogens is 312 g/mol. The fraction of sp³-hybridized carbons (Fsp3) is 0.143. The van der Waals surface area contributed by atoms with Gasteiger partial charge in [-0.2, -0.15) is 0 Å². The number of nitrogens with zero attached hydrogens (tertiary/aromatic N) is 1. The van der Waals surface area contributed by atoms with Crippen LogP contribution in [0.5, 0.6) is 5.75 Å². The number of H-pyrrole nitrogens is 1. The van der Waals surface area contributed by atoms with Crippen LogP contribution in [-0.2, 0) is 12.8 Å². The molecular formula is C21H18N2O2. The number of hydrogen-bond acceptors (Lipinski definition) is 3. The van der Waals surface area contributed by atoms with E-state index < -0.39 is 0 Å². The summed E-state index contributed by atoms with van der Waals surface area (Å²) in [4.78, 5) is 19.5. The number of para-hydroxylation sites is 1. The Hall–Kier alpha value is -3.14. The number of hydrogen-bond donors (Lipinski definition) is 1. The predicted molar refractivity (Wildman–Crippen MR) is 100 cm³/mol. The van der Waals surface area contributed by atoms with Gasteiger partial charge in [0, 0.05) is 17.0 Å². The number of methoxy groups -OCH3 is 1. The molecule has 0 atom stereocenters.